The first-order chi connectivity index (χ1) is 18.4. The molecule has 0 saturated carbocycles. The number of ether oxygens (including phenoxy) is 1. The standard InChI is InChI=1S/C25H22F4N6O4/c1-2-39-21-15(10-19(30)36)9-18(34-20(21)14-3-5-17(26)6-4-14)24(38,25(27,28)29)13-33-22(37)16-11-32-23-31-7-8-35(23)12-16/h3-9,11-12,38H,2,10,13H2,1H3,(H2,30,36)(H,33,37)/t24-/m0/s1. The van der Waals surface area contributed by atoms with Crippen molar-refractivity contribution in [2.24, 2.45) is 5.73 Å². The number of aliphatic hydroxyl groups is 1. The zero-order valence-electron chi connectivity index (χ0n) is 20.4. The van der Waals surface area contributed by atoms with Crippen LogP contribution >= 0.6 is 0 Å². The van der Waals surface area contributed by atoms with E-state index in [2.05, 4.69) is 20.3 Å². The summed E-state index contributed by atoms with van der Waals surface area (Å²) in [5, 5.41) is 13.1. The predicted molar refractivity (Wildman–Crippen MR) is 129 cm³/mol. The number of rotatable bonds is 9. The maximum atomic E-state index is 14.4. The van der Waals surface area contributed by atoms with Crippen LogP contribution in [0.15, 0.2) is 55.1 Å². The molecule has 0 aliphatic rings. The normalized spacial score (nSPS) is 13.2. The van der Waals surface area contributed by atoms with Crippen molar-refractivity contribution >= 4 is 17.6 Å². The van der Waals surface area contributed by atoms with Gasteiger partial charge in [-0.2, -0.15) is 13.2 Å². The van der Waals surface area contributed by atoms with Crippen LogP contribution in [0.5, 0.6) is 5.75 Å². The van der Waals surface area contributed by atoms with Gasteiger partial charge in [0.05, 0.1) is 30.8 Å². The quantitative estimate of drug-likeness (QED) is 0.274. The molecule has 0 unspecified atom stereocenters. The average molecular weight is 546 g/mol. The summed E-state index contributed by atoms with van der Waals surface area (Å²) in [4.78, 5) is 36.4. The molecule has 204 valence electrons. The SMILES string of the molecule is CCOc1c(CC(N)=O)cc([C@@](O)(CNC(=O)c2cnc3nccn3c2)C(F)(F)F)nc1-c1ccc(F)cc1. The Bertz CT molecular complexity index is 1520. The van der Waals surface area contributed by atoms with Gasteiger partial charge in [-0.3, -0.25) is 14.0 Å². The number of benzene rings is 1. The van der Waals surface area contributed by atoms with Crippen LogP contribution in [0.4, 0.5) is 17.6 Å². The largest absolute Gasteiger partial charge is 0.491 e. The molecule has 39 heavy (non-hydrogen) atoms. The van der Waals surface area contributed by atoms with Gasteiger partial charge in [0.15, 0.2) is 0 Å². The summed E-state index contributed by atoms with van der Waals surface area (Å²) in [5.74, 6) is -2.23. The summed E-state index contributed by atoms with van der Waals surface area (Å²) in [5.41, 5.74) is 0.469. The number of imidazole rings is 1. The van der Waals surface area contributed by atoms with E-state index in [0.717, 1.165) is 24.4 Å². The fourth-order valence-electron chi connectivity index (χ4n) is 3.81. The number of nitrogens with one attached hydrogen (secondary N) is 1. The lowest BCUT2D eigenvalue weighted by Gasteiger charge is -2.31. The first-order valence-electron chi connectivity index (χ1n) is 11.5. The summed E-state index contributed by atoms with van der Waals surface area (Å²) in [6.07, 6.45) is -0.535. The Labute approximate surface area is 218 Å². The van der Waals surface area contributed by atoms with E-state index in [1.165, 1.54) is 35.1 Å². The van der Waals surface area contributed by atoms with E-state index in [-0.39, 0.29) is 40.5 Å². The van der Waals surface area contributed by atoms with Gasteiger partial charge in [-0.1, -0.05) is 0 Å². The lowest BCUT2D eigenvalue weighted by molar-refractivity contribution is -0.265. The molecule has 0 saturated heterocycles. The minimum Gasteiger partial charge on any atom is -0.491 e. The molecule has 0 fully saturated rings. The number of alkyl halides is 3. The van der Waals surface area contributed by atoms with Crippen LogP contribution in [0.2, 0.25) is 0 Å². The van der Waals surface area contributed by atoms with Crippen LogP contribution < -0.4 is 15.8 Å². The predicted octanol–water partition coefficient (Wildman–Crippen LogP) is 2.54. The molecular formula is C25H22F4N6O4. The first kappa shape index (κ1) is 27.4. The molecular weight excluding hydrogens is 524 g/mol. The van der Waals surface area contributed by atoms with Crippen molar-refractivity contribution in [3.8, 4) is 17.0 Å². The molecule has 0 radical (unpaired) electrons. The lowest BCUT2D eigenvalue weighted by Crippen LogP contribution is -2.51. The summed E-state index contributed by atoms with van der Waals surface area (Å²) >= 11 is 0. The average Bonchev–Trinajstić information content (AvgIpc) is 3.35. The van der Waals surface area contributed by atoms with Crippen LogP contribution in [-0.2, 0) is 16.8 Å². The van der Waals surface area contributed by atoms with Gasteiger partial charge in [0.25, 0.3) is 5.91 Å². The second kappa shape index (κ2) is 10.6. The third kappa shape index (κ3) is 5.65. The number of hydrogen-bond acceptors (Lipinski definition) is 7. The monoisotopic (exact) mass is 546 g/mol. The molecule has 14 heteroatoms. The summed E-state index contributed by atoms with van der Waals surface area (Å²) in [7, 11) is 0. The number of hydrogen-bond donors (Lipinski definition) is 3. The Hall–Kier alpha value is -4.59. The molecule has 0 spiro atoms. The van der Waals surface area contributed by atoms with Crippen molar-refractivity contribution in [2.45, 2.75) is 25.1 Å². The third-order valence-corrected chi connectivity index (χ3v) is 5.73. The summed E-state index contributed by atoms with van der Waals surface area (Å²) < 4.78 is 63.7. The lowest BCUT2D eigenvalue weighted by atomic mass is 9.93. The number of nitrogens with two attached hydrogens (primary N) is 1. The number of aromatic nitrogens is 4. The van der Waals surface area contributed by atoms with Gasteiger partial charge in [0, 0.05) is 35.9 Å². The van der Waals surface area contributed by atoms with Gasteiger partial charge in [-0.25, -0.2) is 19.3 Å². The van der Waals surface area contributed by atoms with E-state index in [9.17, 15) is 32.3 Å². The maximum Gasteiger partial charge on any atom is 0.424 e. The van der Waals surface area contributed by atoms with Crippen LogP contribution in [0.1, 0.15) is 28.5 Å². The third-order valence-electron chi connectivity index (χ3n) is 5.73. The molecule has 0 bridgehead atoms. The fraction of sp³-hybridized carbons (Fsp3) is 0.240. The van der Waals surface area contributed by atoms with E-state index in [0.29, 0.717) is 0 Å². The zero-order valence-corrected chi connectivity index (χ0v) is 20.4. The molecule has 10 nitrogen and oxygen atoms in total. The molecule has 4 aromatic rings. The number of carbonyl (C=O) groups is 2. The van der Waals surface area contributed by atoms with Crippen molar-refractivity contribution in [3.05, 3.63) is 77.8 Å². The highest BCUT2D eigenvalue weighted by Gasteiger charge is 2.56. The van der Waals surface area contributed by atoms with E-state index in [1.54, 1.807) is 6.92 Å². The van der Waals surface area contributed by atoms with Gasteiger partial charge in [0.2, 0.25) is 17.3 Å². The van der Waals surface area contributed by atoms with Crippen molar-refractivity contribution in [3.63, 3.8) is 0 Å². The van der Waals surface area contributed by atoms with E-state index < -0.39 is 48.1 Å². The Morgan fingerprint density at radius 3 is 2.54 bits per heavy atom. The van der Waals surface area contributed by atoms with E-state index >= 15 is 0 Å². The Kier molecular flexibility index (Phi) is 7.49. The minimum atomic E-state index is -5.34. The number of carbonyl (C=O) groups excluding carboxylic acids is 2. The van der Waals surface area contributed by atoms with Crippen molar-refractivity contribution in [1.29, 1.82) is 0 Å². The highest BCUT2D eigenvalue weighted by Crippen LogP contribution is 2.42. The smallest absolute Gasteiger partial charge is 0.424 e. The maximum absolute atomic E-state index is 14.4. The number of primary amides is 1. The number of amides is 2. The molecule has 0 aliphatic carbocycles. The second-order valence-electron chi connectivity index (χ2n) is 8.45. The van der Waals surface area contributed by atoms with Crippen LogP contribution in [0.3, 0.4) is 0 Å². The molecule has 0 aliphatic heterocycles. The fourth-order valence-corrected chi connectivity index (χ4v) is 3.81. The number of halogens is 4. The van der Waals surface area contributed by atoms with Gasteiger partial charge in [0.1, 0.15) is 17.3 Å². The van der Waals surface area contributed by atoms with E-state index in [1.807, 2.05) is 0 Å². The van der Waals surface area contributed by atoms with Crippen molar-refractivity contribution < 1.29 is 37.0 Å². The van der Waals surface area contributed by atoms with E-state index in [4.69, 9.17) is 10.5 Å². The number of pyridine rings is 1. The molecule has 2 amide bonds. The molecule has 1 aromatic carbocycles. The minimum absolute atomic E-state index is 0.0515. The molecule has 1 atom stereocenters. The zero-order chi connectivity index (χ0) is 28.4. The molecule has 4 N–H and O–H groups in total. The topological polar surface area (TPSA) is 145 Å². The van der Waals surface area contributed by atoms with Gasteiger partial charge in [-0.05, 0) is 37.3 Å². The highest BCUT2D eigenvalue weighted by atomic mass is 19.4. The molecule has 3 aromatic heterocycles. The first-order valence-corrected chi connectivity index (χ1v) is 11.5. The number of nitrogens with zero attached hydrogens (tertiary/aromatic N) is 4. The van der Waals surface area contributed by atoms with Gasteiger partial charge in [-0.15, -0.1) is 0 Å². The van der Waals surface area contributed by atoms with Gasteiger partial charge >= 0.3 is 6.18 Å². The van der Waals surface area contributed by atoms with Crippen molar-refractivity contribution in [1.82, 2.24) is 24.7 Å². The van der Waals surface area contributed by atoms with Crippen LogP contribution in [0, 0.1) is 5.82 Å². The Morgan fingerprint density at radius 1 is 1.18 bits per heavy atom. The van der Waals surface area contributed by atoms with Crippen molar-refractivity contribution in [2.75, 3.05) is 13.2 Å². The van der Waals surface area contributed by atoms with Gasteiger partial charge < -0.3 is 20.9 Å². The Balaban J connectivity index is 1.79. The molecule has 3 heterocycles. The molecule has 4 rings (SSSR count). The highest BCUT2D eigenvalue weighted by molar-refractivity contribution is 5.93. The van der Waals surface area contributed by atoms with Crippen LogP contribution in [0.25, 0.3) is 17.0 Å². The Morgan fingerprint density at radius 2 is 1.90 bits per heavy atom. The summed E-state index contributed by atoms with van der Waals surface area (Å²) in [6.45, 7) is 0.320. The number of fused-ring (bicyclic) bond motifs is 1. The van der Waals surface area contributed by atoms with Crippen LogP contribution in [-0.4, -0.2) is 55.6 Å². The summed E-state index contributed by atoms with van der Waals surface area (Å²) in [6, 6.07) is 5.49. The second-order valence-corrected chi connectivity index (χ2v) is 8.45.